The van der Waals surface area contributed by atoms with Crippen LogP contribution >= 0.6 is 0 Å². The normalized spacial score (nSPS) is 12.0. The molecule has 0 aliphatic heterocycles. The highest BCUT2D eigenvalue weighted by Crippen LogP contribution is 2.32. The van der Waals surface area contributed by atoms with Gasteiger partial charge in [0.1, 0.15) is 12.4 Å². The van der Waals surface area contributed by atoms with E-state index in [2.05, 4.69) is 4.74 Å². The van der Waals surface area contributed by atoms with E-state index in [-0.39, 0.29) is 5.56 Å². The highest BCUT2D eigenvalue weighted by Gasteiger charge is 2.33. The van der Waals surface area contributed by atoms with E-state index in [1.165, 1.54) is 12.1 Å². The van der Waals surface area contributed by atoms with Gasteiger partial charge in [-0.15, -0.1) is 0 Å². The molecule has 5 nitrogen and oxygen atoms in total. The highest BCUT2D eigenvalue weighted by molar-refractivity contribution is 7.89. The van der Waals surface area contributed by atoms with Gasteiger partial charge < -0.3 is 4.74 Å². The molecule has 0 fully saturated rings. The maximum absolute atomic E-state index is 13.7. The van der Waals surface area contributed by atoms with Gasteiger partial charge in [0.15, 0.2) is 0 Å². The maximum Gasteiger partial charge on any atom is 0.416 e. The topological polar surface area (TPSA) is 86.5 Å². The molecule has 2 rings (SSSR count). The fourth-order valence-electron chi connectivity index (χ4n) is 1.98. The lowest BCUT2D eigenvalue weighted by molar-refractivity contribution is -0.138. The number of hydrogen-bond donors (Lipinski definition) is 1. The third-order valence-corrected chi connectivity index (χ3v) is 4.08. The molecular weight excluding hydrogens is 366 g/mol. The molecule has 0 aliphatic rings. The molecule has 0 unspecified atom stereocenters. The van der Waals surface area contributed by atoms with Crippen LogP contribution < -0.4 is 5.14 Å². The van der Waals surface area contributed by atoms with E-state index in [1.807, 2.05) is 0 Å². The van der Waals surface area contributed by atoms with Crippen molar-refractivity contribution in [3.05, 3.63) is 65.0 Å². The molecule has 0 radical (unpaired) electrons. The minimum absolute atomic E-state index is 0.327. The number of rotatable bonds is 4. The number of ether oxygens (including phenoxy) is 1. The Hall–Kier alpha value is -2.46. The lowest BCUT2D eigenvalue weighted by atomic mass is 10.1. The second-order valence-corrected chi connectivity index (χ2v) is 6.48. The molecular formula is C15H11F4NO4S. The van der Waals surface area contributed by atoms with Gasteiger partial charge in [-0.05, 0) is 24.3 Å². The summed E-state index contributed by atoms with van der Waals surface area (Å²) in [5.41, 5.74) is -2.08. The number of alkyl halides is 3. The van der Waals surface area contributed by atoms with E-state index in [1.54, 1.807) is 0 Å². The second-order valence-electron chi connectivity index (χ2n) is 4.92. The fourth-order valence-corrected chi connectivity index (χ4v) is 2.52. The van der Waals surface area contributed by atoms with Crippen molar-refractivity contribution in [1.82, 2.24) is 0 Å². The number of carbonyl (C=O) groups excluding carboxylic acids is 1. The summed E-state index contributed by atoms with van der Waals surface area (Å²) in [5.74, 6) is -2.42. The molecule has 134 valence electrons. The average molecular weight is 377 g/mol. The van der Waals surface area contributed by atoms with Crippen LogP contribution in [0.2, 0.25) is 0 Å². The Kier molecular flexibility index (Phi) is 5.14. The summed E-state index contributed by atoms with van der Waals surface area (Å²) in [6.07, 6.45) is -4.65. The summed E-state index contributed by atoms with van der Waals surface area (Å²) in [6, 6.07) is 6.60. The molecule has 0 atom stereocenters. The van der Waals surface area contributed by atoms with Gasteiger partial charge in [0.25, 0.3) is 0 Å². The zero-order valence-electron chi connectivity index (χ0n) is 12.4. The van der Waals surface area contributed by atoms with Gasteiger partial charge in [-0.25, -0.2) is 22.7 Å². The lowest BCUT2D eigenvalue weighted by Crippen LogP contribution is -2.15. The number of carbonyl (C=O) groups is 1. The Balaban J connectivity index is 2.25. The number of hydrogen-bond acceptors (Lipinski definition) is 4. The number of sulfonamides is 1. The zero-order valence-corrected chi connectivity index (χ0v) is 13.2. The molecule has 10 heteroatoms. The lowest BCUT2D eigenvalue weighted by Gasteiger charge is -2.13. The smallest absolute Gasteiger partial charge is 0.416 e. The van der Waals surface area contributed by atoms with Crippen LogP contribution in [0.1, 0.15) is 21.5 Å². The minimum atomic E-state index is -4.65. The van der Waals surface area contributed by atoms with Crippen molar-refractivity contribution in [2.24, 2.45) is 5.14 Å². The van der Waals surface area contributed by atoms with Crippen LogP contribution in [-0.4, -0.2) is 14.4 Å². The number of halogens is 4. The molecule has 2 N–H and O–H groups in total. The first-order valence-electron chi connectivity index (χ1n) is 6.64. The summed E-state index contributed by atoms with van der Waals surface area (Å²) in [4.78, 5) is 11.4. The monoisotopic (exact) mass is 377 g/mol. The molecule has 0 bridgehead atoms. The third kappa shape index (κ3) is 4.54. The Labute approximate surface area is 140 Å². The van der Waals surface area contributed by atoms with Crippen molar-refractivity contribution in [2.75, 3.05) is 0 Å². The Morgan fingerprint density at radius 3 is 2.36 bits per heavy atom. The molecule has 2 aromatic rings. The molecule has 0 heterocycles. The van der Waals surface area contributed by atoms with E-state index < -0.39 is 50.6 Å². The molecule has 2 aromatic carbocycles. The van der Waals surface area contributed by atoms with Gasteiger partial charge in [0.05, 0.1) is 16.0 Å². The van der Waals surface area contributed by atoms with E-state index in [4.69, 9.17) is 5.14 Å². The van der Waals surface area contributed by atoms with E-state index in [0.29, 0.717) is 12.1 Å². The van der Waals surface area contributed by atoms with Crippen LogP contribution in [0.5, 0.6) is 0 Å². The summed E-state index contributed by atoms with van der Waals surface area (Å²) in [6.45, 7) is -0.770. The number of primary sulfonamides is 1. The maximum atomic E-state index is 13.7. The van der Waals surface area contributed by atoms with E-state index in [9.17, 15) is 30.8 Å². The van der Waals surface area contributed by atoms with Crippen molar-refractivity contribution in [3.63, 3.8) is 0 Å². The number of esters is 1. The van der Waals surface area contributed by atoms with Gasteiger partial charge >= 0.3 is 12.1 Å². The van der Waals surface area contributed by atoms with Gasteiger partial charge in [0, 0.05) is 5.56 Å². The molecule has 0 aliphatic carbocycles. The van der Waals surface area contributed by atoms with Crippen LogP contribution in [0.4, 0.5) is 17.6 Å². The molecule has 0 spiro atoms. The quantitative estimate of drug-likeness (QED) is 0.656. The van der Waals surface area contributed by atoms with Crippen molar-refractivity contribution in [3.8, 4) is 0 Å². The Morgan fingerprint density at radius 2 is 1.76 bits per heavy atom. The first-order valence-corrected chi connectivity index (χ1v) is 8.19. The first-order chi connectivity index (χ1) is 11.5. The predicted molar refractivity (Wildman–Crippen MR) is 78.3 cm³/mol. The van der Waals surface area contributed by atoms with Crippen LogP contribution in [0.15, 0.2) is 47.4 Å². The largest absolute Gasteiger partial charge is 0.457 e. The first kappa shape index (κ1) is 18.9. The van der Waals surface area contributed by atoms with Crippen molar-refractivity contribution >= 4 is 16.0 Å². The molecule has 25 heavy (non-hydrogen) atoms. The van der Waals surface area contributed by atoms with E-state index in [0.717, 1.165) is 18.2 Å². The highest BCUT2D eigenvalue weighted by atomic mass is 32.2. The van der Waals surface area contributed by atoms with Gasteiger partial charge in [-0.2, -0.15) is 13.2 Å². The van der Waals surface area contributed by atoms with Crippen molar-refractivity contribution < 1.29 is 35.5 Å². The van der Waals surface area contributed by atoms with Gasteiger partial charge in [-0.1, -0.05) is 18.2 Å². The SMILES string of the molecule is NS(=O)(=O)c1ccc(F)c(C(=O)OCc2ccccc2C(F)(F)F)c1. The van der Waals surface area contributed by atoms with Crippen molar-refractivity contribution in [1.29, 1.82) is 0 Å². The summed E-state index contributed by atoms with van der Waals surface area (Å²) in [7, 11) is -4.19. The molecule has 0 aromatic heterocycles. The fraction of sp³-hybridized carbons (Fsp3) is 0.133. The molecule has 0 amide bonds. The molecule has 0 saturated heterocycles. The van der Waals surface area contributed by atoms with Gasteiger partial charge in [-0.3, -0.25) is 0 Å². The minimum Gasteiger partial charge on any atom is -0.457 e. The van der Waals surface area contributed by atoms with Crippen LogP contribution in [-0.2, 0) is 27.5 Å². The van der Waals surface area contributed by atoms with Crippen LogP contribution in [0, 0.1) is 5.82 Å². The van der Waals surface area contributed by atoms with Crippen LogP contribution in [0.3, 0.4) is 0 Å². The average Bonchev–Trinajstić information content (AvgIpc) is 2.51. The van der Waals surface area contributed by atoms with Crippen molar-refractivity contribution in [2.45, 2.75) is 17.7 Å². The van der Waals surface area contributed by atoms with Gasteiger partial charge in [0.2, 0.25) is 10.0 Å². The summed E-state index contributed by atoms with van der Waals surface area (Å²) < 4.78 is 79.4. The third-order valence-electron chi connectivity index (χ3n) is 3.17. The summed E-state index contributed by atoms with van der Waals surface area (Å²) >= 11 is 0. The van der Waals surface area contributed by atoms with Crippen LogP contribution in [0.25, 0.3) is 0 Å². The number of nitrogens with two attached hydrogens (primary N) is 1. The van der Waals surface area contributed by atoms with E-state index >= 15 is 0 Å². The Bertz CT molecular complexity index is 910. The summed E-state index contributed by atoms with van der Waals surface area (Å²) in [5, 5.41) is 4.88. The second kappa shape index (κ2) is 6.81. The molecule has 0 saturated carbocycles. The standard InChI is InChI=1S/C15H11F4NO4S/c16-13-6-5-10(25(20,22)23)7-11(13)14(21)24-8-9-3-1-2-4-12(9)15(17,18)19/h1-7H,8H2,(H2,20,22,23). The zero-order chi connectivity index (χ0) is 18.8. The predicted octanol–water partition coefficient (Wildman–Crippen LogP) is 2.85. The Morgan fingerprint density at radius 1 is 1.12 bits per heavy atom. The number of benzene rings is 2.